The Kier molecular flexibility index (Phi) is 8.54. The van der Waals surface area contributed by atoms with Crippen LogP contribution in [0.1, 0.15) is 26.7 Å². The van der Waals surface area contributed by atoms with Crippen molar-refractivity contribution in [1.82, 2.24) is 25.1 Å². The minimum absolute atomic E-state index is 0.858. The summed E-state index contributed by atoms with van der Waals surface area (Å²) in [5.41, 5.74) is 7.13. The molecule has 0 amide bonds. The van der Waals surface area contributed by atoms with Gasteiger partial charge in [0.2, 0.25) is 0 Å². The minimum Gasteiger partial charge on any atom is -0.352 e. The van der Waals surface area contributed by atoms with E-state index in [0.29, 0.717) is 0 Å². The van der Waals surface area contributed by atoms with Gasteiger partial charge in [0.05, 0.1) is 22.8 Å². The van der Waals surface area contributed by atoms with Crippen LogP contribution in [0, 0.1) is 0 Å². The van der Waals surface area contributed by atoms with E-state index < -0.39 is 0 Å². The van der Waals surface area contributed by atoms with Gasteiger partial charge in [-0.1, -0.05) is 43.5 Å². The molecule has 0 aliphatic rings. The average molecular weight is 510 g/mol. The number of fused-ring (bicyclic) bond motifs is 1. The molecule has 4 rings (SSSR count). The highest BCUT2D eigenvalue weighted by atomic mass is 32.1. The normalized spacial score (nSPS) is 13.8. The molecule has 0 radical (unpaired) electrons. The summed E-state index contributed by atoms with van der Waals surface area (Å²) in [4.78, 5) is 11.4. The maximum absolute atomic E-state index is 4.68. The number of allylic oxidation sites excluding steroid dienone is 6. The molecule has 190 valence electrons. The fraction of sp³-hybridized carbons (Fsp3) is 0.226. The van der Waals surface area contributed by atoms with Gasteiger partial charge in [-0.05, 0) is 87.6 Å². The molecule has 0 saturated carbocycles. The molecule has 0 atom stereocenters. The lowest BCUT2D eigenvalue weighted by Crippen LogP contribution is -2.23. The summed E-state index contributed by atoms with van der Waals surface area (Å²) >= 11 is 1.71. The van der Waals surface area contributed by atoms with E-state index in [4.69, 9.17) is 0 Å². The van der Waals surface area contributed by atoms with Crippen LogP contribution in [0.3, 0.4) is 0 Å². The van der Waals surface area contributed by atoms with E-state index in [2.05, 4.69) is 94.1 Å². The van der Waals surface area contributed by atoms with E-state index in [1.165, 1.54) is 10.5 Å². The molecule has 4 aromatic rings. The number of H-pyrrole nitrogens is 2. The SMILES string of the molecule is C=C/C(=C\C(=C/C)C(=C)/C=c1/c(-c2cc3c(-c4cccs4)cncc3[nH]2)n[nH]/c1=C/C)CCCN(C)C. The Labute approximate surface area is 223 Å². The lowest BCUT2D eigenvalue weighted by atomic mass is 10.00. The number of hydrogen-bond acceptors (Lipinski definition) is 4. The Hall–Kier alpha value is -3.74. The smallest absolute Gasteiger partial charge is 0.116 e. The highest BCUT2D eigenvalue weighted by Crippen LogP contribution is 2.32. The molecule has 4 heterocycles. The van der Waals surface area contributed by atoms with Gasteiger partial charge in [-0.2, -0.15) is 5.10 Å². The van der Waals surface area contributed by atoms with Gasteiger partial charge in [-0.25, -0.2) is 0 Å². The van der Waals surface area contributed by atoms with Gasteiger partial charge in [-0.3, -0.25) is 10.1 Å². The highest BCUT2D eigenvalue weighted by Gasteiger charge is 2.13. The lowest BCUT2D eigenvalue weighted by molar-refractivity contribution is 0.400. The van der Waals surface area contributed by atoms with Crippen LogP contribution in [0.2, 0.25) is 0 Å². The van der Waals surface area contributed by atoms with Crippen LogP contribution in [0.5, 0.6) is 0 Å². The van der Waals surface area contributed by atoms with Gasteiger partial charge < -0.3 is 9.88 Å². The van der Waals surface area contributed by atoms with Crippen molar-refractivity contribution in [2.75, 3.05) is 20.6 Å². The van der Waals surface area contributed by atoms with Crippen molar-refractivity contribution in [3.8, 4) is 21.8 Å². The number of pyridine rings is 1. The Morgan fingerprint density at radius 3 is 2.73 bits per heavy atom. The molecule has 4 aromatic heterocycles. The van der Waals surface area contributed by atoms with Crippen LogP contribution in [0.25, 0.3) is 44.9 Å². The van der Waals surface area contributed by atoms with Crippen molar-refractivity contribution >= 4 is 34.4 Å². The first kappa shape index (κ1) is 26.3. The van der Waals surface area contributed by atoms with Gasteiger partial charge >= 0.3 is 0 Å². The zero-order valence-corrected chi connectivity index (χ0v) is 23.0. The van der Waals surface area contributed by atoms with Gasteiger partial charge in [-0.15, -0.1) is 11.3 Å². The summed E-state index contributed by atoms with van der Waals surface area (Å²) in [5.74, 6) is 0. The Balaban J connectivity index is 1.73. The predicted molar refractivity (Wildman–Crippen MR) is 160 cm³/mol. The predicted octanol–water partition coefficient (Wildman–Crippen LogP) is 6.22. The van der Waals surface area contributed by atoms with Gasteiger partial charge in [0.15, 0.2) is 0 Å². The number of aromatic amines is 2. The van der Waals surface area contributed by atoms with Crippen LogP contribution in [0.15, 0.2) is 84.1 Å². The van der Waals surface area contributed by atoms with Crippen LogP contribution < -0.4 is 10.6 Å². The largest absolute Gasteiger partial charge is 0.352 e. The second-order valence-electron chi connectivity index (χ2n) is 9.24. The van der Waals surface area contributed by atoms with E-state index in [1.807, 2.05) is 38.4 Å². The molecule has 6 heteroatoms. The second kappa shape index (κ2) is 12.0. The summed E-state index contributed by atoms with van der Waals surface area (Å²) in [6, 6.07) is 6.36. The van der Waals surface area contributed by atoms with Gasteiger partial charge in [0.1, 0.15) is 5.69 Å². The molecule has 0 spiro atoms. The van der Waals surface area contributed by atoms with Gasteiger partial charge in [0, 0.05) is 27.2 Å². The molecule has 5 nitrogen and oxygen atoms in total. The van der Waals surface area contributed by atoms with Crippen LogP contribution >= 0.6 is 11.3 Å². The maximum Gasteiger partial charge on any atom is 0.116 e. The third-order valence-electron chi connectivity index (χ3n) is 6.38. The lowest BCUT2D eigenvalue weighted by Gasteiger charge is -2.10. The third kappa shape index (κ3) is 5.98. The average Bonchev–Trinajstić information content (AvgIpc) is 3.65. The monoisotopic (exact) mass is 509 g/mol. The number of hydrogen-bond donors (Lipinski definition) is 2. The van der Waals surface area contributed by atoms with Crippen molar-refractivity contribution in [2.24, 2.45) is 0 Å². The molecule has 0 unspecified atom stereocenters. The van der Waals surface area contributed by atoms with Crippen LogP contribution in [0.4, 0.5) is 0 Å². The Morgan fingerprint density at radius 2 is 2.05 bits per heavy atom. The van der Waals surface area contributed by atoms with Crippen molar-refractivity contribution in [3.05, 3.63) is 94.6 Å². The molecular weight excluding hydrogens is 474 g/mol. The van der Waals surface area contributed by atoms with Crippen molar-refractivity contribution in [3.63, 3.8) is 0 Å². The summed E-state index contributed by atoms with van der Waals surface area (Å²) < 4.78 is 0. The summed E-state index contributed by atoms with van der Waals surface area (Å²) in [5, 5.41) is 13.1. The molecule has 0 bridgehead atoms. The molecule has 0 saturated heterocycles. The second-order valence-corrected chi connectivity index (χ2v) is 10.2. The first-order valence-electron chi connectivity index (χ1n) is 12.5. The summed E-state index contributed by atoms with van der Waals surface area (Å²) in [6.07, 6.45) is 16.3. The zero-order valence-electron chi connectivity index (χ0n) is 22.1. The van der Waals surface area contributed by atoms with Crippen LogP contribution in [-0.4, -0.2) is 45.7 Å². The Morgan fingerprint density at radius 1 is 1.22 bits per heavy atom. The van der Waals surface area contributed by atoms with E-state index >= 15 is 0 Å². The standard InChI is InChI=1S/C31H35N5S/c1-7-22(12-10-14-36(5)6)17-23(8-2)21(4)16-25-27(9-3)34-35-31(25)28-18-24-26(30-13-11-15-37-30)19-32-20-29(24)33-28/h7-9,11,13,15-20,33-34H,1,4,10,12,14H2,2-3,5-6H3/b22-17+,23-8+,25-16+,27-9+. The number of nitrogens with one attached hydrogen (secondary N) is 2. The highest BCUT2D eigenvalue weighted by molar-refractivity contribution is 7.13. The van der Waals surface area contributed by atoms with Crippen molar-refractivity contribution < 1.29 is 0 Å². The van der Waals surface area contributed by atoms with Gasteiger partial charge in [0.25, 0.3) is 0 Å². The fourth-order valence-electron chi connectivity index (χ4n) is 4.39. The summed E-state index contributed by atoms with van der Waals surface area (Å²) in [7, 11) is 4.20. The van der Waals surface area contributed by atoms with Crippen LogP contribution in [-0.2, 0) is 0 Å². The first-order valence-corrected chi connectivity index (χ1v) is 13.4. The molecule has 2 N–H and O–H groups in total. The molecule has 37 heavy (non-hydrogen) atoms. The topological polar surface area (TPSA) is 60.6 Å². The molecular formula is C31H35N5S. The van der Waals surface area contributed by atoms with E-state index in [0.717, 1.165) is 69.0 Å². The number of rotatable bonds is 10. The number of aromatic nitrogens is 4. The third-order valence-corrected chi connectivity index (χ3v) is 7.29. The minimum atomic E-state index is 0.858. The summed E-state index contributed by atoms with van der Waals surface area (Å²) in [6.45, 7) is 13.5. The molecule has 0 aromatic carbocycles. The first-order chi connectivity index (χ1) is 17.9. The van der Waals surface area contributed by atoms with E-state index in [9.17, 15) is 0 Å². The zero-order chi connectivity index (χ0) is 26.4. The molecule has 0 aliphatic carbocycles. The fourth-order valence-corrected chi connectivity index (χ4v) is 5.14. The van der Waals surface area contributed by atoms with E-state index in [-0.39, 0.29) is 0 Å². The number of nitrogens with zero attached hydrogens (tertiary/aromatic N) is 3. The van der Waals surface area contributed by atoms with Crippen molar-refractivity contribution in [1.29, 1.82) is 0 Å². The quantitative estimate of drug-likeness (QED) is 0.250. The maximum atomic E-state index is 4.68. The Bertz CT molecular complexity index is 1580. The molecule has 0 aliphatic heterocycles. The van der Waals surface area contributed by atoms with E-state index in [1.54, 1.807) is 11.3 Å². The number of thiophene rings is 1. The molecule has 0 fully saturated rings. The van der Waals surface area contributed by atoms with Crippen molar-refractivity contribution in [2.45, 2.75) is 26.7 Å².